The lowest BCUT2D eigenvalue weighted by atomic mass is 10.2. The van der Waals surface area contributed by atoms with E-state index in [9.17, 15) is 4.79 Å². The minimum Gasteiger partial charge on any atom is -0.390 e. The van der Waals surface area contributed by atoms with E-state index in [0.29, 0.717) is 16.4 Å². The number of rotatable bonds is 4. The summed E-state index contributed by atoms with van der Waals surface area (Å²) in [7, 11) is 0. The van der Waals surface area contributed by atoms with Crippen molar-refractivity contribution in [2.24, 2.45) is 10.3 Å². The molecule has 0 aliphatic carbocycles. The summed E-state index contributed by atoms with van der Waals surface area (Å²) in [6, 6.07) is 16.4. The fourth-order valence-electron chi connectivity index (χ4n) is 2.10. The van der Waals surface area contributed by atoms with Gasteiger partial charge in [0.15, 0.2) is 5.71 Å². The summed E-state index contributed by atoms with van der Waals surface area (Å²) < 4.78 is 0. The maximum absolute atomic E-state index is 12.4. The Morgan fingerprint density at radius 3 is 2.52 bits per heavy atom. The Labute approximate surface area is 138 Å². The minimum absolute atomic E-state index is 0.211. The number of anilines is 1. The third kappa shape index (κ3) is 3.40. The van der Waals surface area contributed by atoms with Gasteiger partial charge in [-0.1, -0.05) is 47.1 Å². The number of nitrogens with zero attached hydrogens (tertiary/aromatic N) is 3. The minimum atomic E-state index is -0.301. The molecule has 23 heavy (non-hydrogen) atoms. The molecule has 2 aromatic carbocycles. The van der Waals surface area contributed by atoms with E-state index < -0.39 is 0 Å². The van der Waals surface area contributed by atoms with Gasteiger partial charge in [-0.2, -0.15) is 10.1 Å². The number of para-hydroxylation sites is 1. The average molecular weight is 328 g/mol. The molecule has 1 aliphatic heterocycles. The van der Waals surface area contributed by atoms with E-state index in [1.165, 1.54) is 5.01 Å². The first-order valence-electron chi connectivity index (χ1n) is 7.04. The molecule has 5 nitrogen and oxygen atoms in total. The first kappa shape index (κ1) is 15.2. The molecule has 0 spiro atoms. The van der Waals surface area contributed by atoms with Crippen LogP contribution >= 0.6 is 11.6 Å². The van der Waals surface area contributed by atoms with Crippen LogP contribution in [0.2, 0.25) is 5.02 Å². The van der Waals surface area contributed by atoms with E-state index >= 15 is 0 Å². The fourth-order valence-corrected chi connectivity index (χ4v) is 2.23. The van der Waals surface area contributed by atoms with Gasteiger partial charge >= 0.3 is 5.91 Å². The molecule has 0 N–H and O–H groups in total. The van der Waals surface area contributed by atoms with Gasteiger partial charge in [0.05, 0.1) is 11.4 Å². The number of hydrogen-bond donors (Lipinski definition) is 0. The molecule has 0 radical (unpaired) electrons. The Hall–Kier alpha value is -2.66. The summed E-state index contributed by atoms with van der Waals surface area (Å²) in [6.07, 6.45) is 0. The van der Waals surface area contributed by atoms with Gasteiger partial charge in [0, 0.05) is 5.02 Å². The SMILES string of the molecule is CC1=NN(c2ccccc2)C(=O)C1=NOCc1ccc(Cl)cc1. The Bertz CT molecular complexity index is 770. The first-order chi connectivity index (χ1) is 11.1. The molecule has 2 aromatic rings. The number of carbonyl (C=O) groups is 1. The van der Waals surface area contributed by atoms with E-state index in [4.69, 9.17) is 16.4 Å². The van der Waals surface area contributed by atoms with Crippen LogP contribution in [0.5, 0.6) is 0 Å². The molecule has 116 valence electrons. The Morgan fingerprint density at radius 1 is 1.13 bits per heavy atom. The Kier molecular flexibility index (Phi) is 4.39. The summed E-state index contributed by atoms with van der Waals surface area (Å²) in [5, 5.41) is 10.2. The summed E-state index contributed by atoms with van der Waals surface area (Å²) >= 11 is 5.83. The van der Waals surface area contributed by atoms with Crippen LogP contribution < -0.4 is 5.01 Å². The van der Waals surface area contributed by atoms with E-state index in [1.54, 1.807) is 19.1 Å². The van der Waals surface area contributed by atoms with Gasteiger partial charge in [-0.3, -0.25) is 4.79 Å². The molecule has 0 bridgehead atoms. The van der Waals surface area contributed by atoms with E-state index in [-0.39, 0.29) is 18.2 Å². The van der Waals surface area contributed by atoms with Crippen LogP contribution in [0.1, 0.15) is 12.5 Å². The van der Waals surface area contributed by atoms with Crippen LogP contribution in [0.4, 0.5) is 5.69 Å². The molecule has 6 heteroatoms. The highest BCUT2D eigenvalue weighted by atomic mass is 35.5. The predicted molar refractivity (Wildman–Crippen MR) is 90.7 cm³/mol. The lowest BCUT2D eigenvalue weighted by Crippen LogP contribution is -2.27. The van der Waals surface area contributed by atoms with Crippen LogP contribution in [0.3, 0.4) is 0 Å². The molecule has 0 aromatic heterocycles. The normalized spacial score (nSPS) is 15.9. The zero-order valence-corrected chi connectivity index (χ0v) is 13.2. The van der Waals surface area contributed by atoms with Gasteiger partial charge in [-0.15, -0.1) is 0 Å². The van der Waals surface area contributed by atoms with Crippen LogP contribution in [-0.4, -0.2) is 17.3 Å². The third-order valence-electron chi connectivity index (χ3n) is 3.29. The molecule has 0 unspecified atom stereocenters. The molecule has 1 heterocycles. The highest BCUT2D eigenvalue weighted by molar-refractivity contribution is 6.71. The molecule has 0 saturated heterocycles. The van der Waals surface area contributed by atoms with Crippen molar-refractivity contribution < 1.29 is 9.63 Å². The lowest BCUT2D eigenvalue weighted by molar-refractivity contribution is -0.112. The fraction of sp³-hybridized carbons (Fsp3) is 0.118. The zero-order valence-electron chi connectivity index (χ0n) is 12.4. The maximum atomic E-state index is 12.4. The Morgan fingerprint density at radius 2 is 1.83 bits per heavy atom. The number of benzene rings is 2. The van der Waals surface area contributed by atoms with Crippen LogP contribution in [0, 0.1) is 0 Å². The van der Waals surface area contributed by atoms with Gasteiger partial charge in [0.25, 0.3) is 0 Å². The molecule has 3 rings (SSSR count). The Balaban J connectivity index is 1.70. The van der Waals surface area contributed by atoms with Crippen LogP contribution in [-0.2, 0) is 16.2 Å². The smallest absolute Gasteiger partial charge is 0.302 e. The van der Waals surface area contributed by atoms with Crippen molar-refractivity contribution in [3.8, 4) is 0 Å². The number of hydrazone groups is 1. The quantitative estimate of drug-likeness (QED) is 0.805. The monoisotopic (exact) mass is 327 g/mol. The average Bonchev–Trinajstić information content (AvgIpc) is 2.85. The summed E-state index contributed by atoms with van der Waals surface area (Å²) in [6.45, 7) is 1.98. The number of halogens is 1. The maximum Gasteiger partial charge on any atom is 0.302 e. The van der Waals surface area contributed by atoms with E-state index in [0.717, 1.165) is 5.56 Å². The molecule has 0 atom stereocenters. The molecular formula is C17H14ClN3O2. The molecule has 0 saturated carbocycles. The predicted octanol–water partition coefficient (Wildman–Crippen LogP) is 3.64. The van der Waals surface area contributed by atoms with Gasteiger partial charge in [-0.05, 0) is 36.8 Å². The largest absolute Gasteiger partial charge is 0.390 e. The van der Waals surface area contributed by atoms with Crippen molar-refractivity contribution in [1.29, 1.82) is 0 Å². The topological polar surface area (TPSA) is 54.3 Å². The highest BCUT2D eigenvalue weighted by Gasteiger charge is 2.31. The zero-order chi connectivity index (χ0) is 16.2. The highest BCUT2D eigenvalue weighted by Crippen LogP contribution is 2.19. The standard InChI is InChI=1S/C17H14ClN3O2/c1-12-16(20-23-11-13-7-9-14(18)10-8-13)17(22)21(19-12)15-5-3-2-4-6-15/h2-10H,11H2,1H3. The van der Waals surface area contributed by atoms with Gasteiger partial charge in [-0.25, -0.2) is 0 Å². The summed E-state index contributed by atoms with van der Waals surface area (Å²) in [5.41, 5.74) is 2.34. The molecular weight excluding hydrogens is 314 g/mol. The number of hydrogen-bond acceptors (Lipinski definition) is 4. The van der Waals surface area contributed by atoms with Crippen LogP contribution in [0.25, 0.3) is 0 Å². The summed E-state index contributed by atoms with van der Waals surface area (Å²) in [4.78, 5) is 17.7. The van der Waals surface area contributed by atoms with Crippen LogP contribution in [0.15, 0.2) is 64.9 Å². The van der Waals surface area contributed by atoms with Crippen molar-refractivity contribution in [3.63, 3.8) is 0 Å². The van der Waals surface area contributed by atoms with E-state index in [2.05, 4.69) is 10.3 Å². The number of carbonyl (C=O) groups excluding carboxylic acids is 1. The van der Waals surface area contributed by atoms with Gasteiger partial charge in [0.2, 0.25) is 0 Å². The lowest BCUT2D eigenvalue weighted by Gasteiger charge is -2.10. The first-order valence-corrected chi connectivity index (χ1v) is 7.42. The second-order valence-corrected chi connectivity index (χ2v) is 5.41. The van der Waals surface area contributed by atoms with Crippen molar-refractivity contribution in [2.45, 2.75) is 13.5 Å². The van der Waals surface area contributed by atoms with Gasteiger partial charge < -0.3 is 4.84 Å². The molecule has 1 amide bonds. The molecule has 1 aliphatic rings. The molecule has 0 fully saturated rings. The second-order valence-electron chi connectivity index (χ2n) is 4.98. The number of amides is 1. The summed E-state index contributed by atoms with van der Waals surface area (Å²) in [5.74, 6) is -0.301. The van der Waals surface area contributed by atoms with Gasteiger partial charge in [0.1, 0.15) is 6.61 Å². The van der Waals surface area contributed by atoms with Crippen molar-refractivity contribution in [2.75, 3.05) is 5.01 Å². The third-order valence-corrected chi connectivity index (χ3v) is 3.54. The van der Waals surface area contributed by atoms with Crippen molar-refractivity contribution >= 4 is 34.6 Å². The van der Waals surface area contributed by atoms with Crippen molar-refractivity contribution in [3.05, 3.63) is 65.2 Å². The van der Waals surface area contributed by atoms with E-state index in [1.807, 2.05) is 42.5 Å². The second kappa shape index (κ2) is 6.62. The van der Waals surface area contributed by atoms with Crippen molar-refractivity contribution in [1.82, 2.24) is 0 Å². The number of oxime groups is 1.